The lowest BCUT2D eigenvalue weighted by atomic mass is 10.0. The Balaban J connectivity index is 1.22. The summed E-state index contributed by atoms with van der Waals surface area (Å²) >= 11 is 0. The van der Waals surface area contributed by atoms with Crippen LogP contribution in [0.4, 0.5) is 0 Å². The first kappa shape index (κ1) is 26.6. The highest BCUT2D eigenvalue weighted by molar-refractivity contribution is 8.62. The van der Waals surface area contributed by atoms with Gasteiger partial charge in [-0.25, -0.2) is 15.0 Å². The van der Waals surface area contributed by atoms with Gasteiger partial charge >= 0.3 is 18.2 Å². The van der Waals surface area contributed by atoms with Crippen molar-refractivity contribution in [1.29, 1.82) is 0 Å². The van der Waals surface area contributed by atoms with E-state index in [0.717, 1.165) is 44.1 Å². The molecule has 0 fully saturated rings. The number of hydrogen-bond donors (Lipinski definition) is 1. The molecule has 9 nitrogen and oxygen atoms in total. The van der Waals surface area contributed by atoms with E-state index in [4.69, 9.17) is 15.0 Å². The van der Waals surface area contributed by atoms with Crippen LogP contribution in [0.15, 0.2) is 109 Å². The zero-order valence-corrected chi connectivity index (χ0v) is 25.7. The van der Waals surface area contributed by atoms with Crippen molar-refractivity contribution in [3.63, 3.8) is 0 Å². The Kier molecular flexibility index (Phi) is 4.97. The van der Waals surface area contributed by atoms with Crippen molar-refractivity contribution >= 4 is 61.8 Å². The monoisotopic (exact) mass is 651 g/mol. The standard InChI is InChI=1S/C36H18N4O5S2/c41-46(42,47(43,44)45)40-30-18-22(14-16-28(30)38-35-25-11-3-7-20-8-4-12-26(32(20)25)36(35)40)21-13-15-27-29(17-21)39-34-24-10-2-6-19-5-1-9-23(31(19)24)33(34)37-27/h1-18H/p+1. The summed E-state index contributed by atoms with van der Waals surface area (Å²) in [5, 5.41) is 3.85. The molecule has 0 saturated carbocycles. The van der Waals surface area contributed by atoms with Gasteiger partial charge in [-0.3, -0.25) is 4.55 Å². The van der Waals surface area contributed by atoms with Crippen molar-refractivity contribution in [2.75, 3.05) is 0 Å². The van der Waals surface area contributed by atoms with E-state index in [9.17, 15) is 21.4 Å². The van der Waals surface area contributed by atoms with Gasteiger partial charge in [0.1, 0.15) is 11.2 Å². The molecule has 6 aromatic carbocycles. The Morgan fingerprint density at radius 3 is 1.62 bits per heavy atom. The molecule has 2 heterocycles. The number of benzene rings is 6. The second-order valence-corrected chi connectivity index (χ2v) is 16.3. The molecule has 0 aliphatic heterocycles. The van der Waals surface area contributed by atoms with Gasteiger partial charge in [0.2, 0.25) is 0 Å². The molecule has 10 rings (SSSR count). The third kappa shape index (κ3) is 3.45. The second-order valence-electron chi connectivity index (χ2n) is 11.7. The van der Waals surface area contributed by atoms with Crippen LogP contribution in [-0.4, -0.2) is 36.3 Å². The molecule has 47 heavy (non-hydrogen) atoms. The third-order valence-electron chi connectivity index (χ3n) is 9.17. The molecule has 0 bridgehead atoms. The quantitative estimate of drug-likeness (QED) is 0.127. The summed E-state index contributed by atoms with van der Waals surface area (Å²) in [4.78, 5) is 14.8. The summed E-state index contributed by atoms with van der Waals surface area (Å²) in [7, 11) is -10.9. The lowest BCUT2D eigenvalue weighted by molar-refractivity contribution is -0.464. The summed E-state index contributed by atoms with van der Waals surface area (Å²) in [5.41, 5.74) is 8.18. The lowest BCUT2D eigenvalue weighted by Crippen LogP contribution is -2.49. The van der Waals surface area contributed by atoms with Crippen molar-refractivity contribution in [2.24, 2.45) is 0 Å². The molecule has 0 spiro atoms. The Hall–Kier alpha value is -5.62. The maximum atomic E-state index is 13.7. The van der Waals surface area contributed by atoms with Gasteiger partial charge in [-0.05, 0) is 46.2 Å². The van der Waals surface area contributed by atoms with Crippen molar-refractivity contribution in [3.8, 4) is 56.2 Å². The van der Waals surface area contributed by atoms with Gasteiger partial charge in [0.15, 0.2) is 0 Å². The van der Waals surface area contributed by atoms with Gasteiger partial charge in [-0.1, -0.05) is 82.8 Å². The first-order valence-corrected chi connectivity index (χ1v) is 18.1. The fraction of sp³-hybridized carbons (Fsp3) is 0. The third-order valence-corrected chi connectivity index (χ3v) is 12.6. The Morgan fingerprint density at radius 2 is 1.00 bits per heavy atom. The van der Waals surface area contributed by atoms with Gasteiger partial charge in [0.25, 0.3) is 11.2 Å². The van der Waals surface area contributed by atoms with Crippen LogP contribution in [0.3, 0.4) is 0 Å². The Morgan fingerprint density at radius 1 is 0.511 bits per heavy atom. The molecule has 0 atom stereocenters. The fourth-order valence-corrected chi connectivity index (χ4v) is 9.20. The maximum Gasteiger partial charge on any atom is 0.506 e. The zero-order valence-electron chi connectivity index (χ0n) is 24.1. The van der Waals surface area contributed by atoms with Crippen LogP contribution in [0, 0.1) is 0 Å². The Bertz CT molecular complexity index is 3010. The molecule has 224 valence electrons. The van der Waals surface area contributed by atoms with Crippen molar-refractivity contribution in [2.45, 2.75) is 0 Å². The fourth-order valence-electron chi connectivity index (χ4n) is 7.18. The summed E-state index contributed by atoms with van der Waals surface area (Å²) in [6.45, 7) is 0. The van der Waals surface area contributed by atoms with Crippen molar-refractivity contribution in [1.82, 2.24) is 15.0 Å². The maximum absolute atomic E-state index is 13.7. The molecular weight excluding hydrogens is 633 g/mol. The number of hydrogen-bond acceptors (Lipinski definition) is 7. The largest absolute Gasteiger partial charge is 0.506 e. The highest BCUT2D eigenvalue weighted by Gasteiger charge is 2.46. The molecule has 1 N–H and O–H groups in total. The topological polar surface area (TPSA) is 131 Å². The molecule has 2 aliphatic rings. The molecular formula is C36H19N4O5S2+. The van der Waals surface area contributed by atoms with E-state index < -0.39 is 18.2 Å². The first-order valence-electron chi connectivity index (χ1n) is 14.7. The minimum atomic E-state index is -5.59. The van der Waals surface area contributed by atoms with Gasteiger partial charge in [0.05, 0.1) is 28.0 Å². The van der Waals surface area contributed by atoms with Gasteiger partial charge < -0.3 is 0 Å². The summed E-state index contributed by atoms with van der Waals surface area (Å²) in [6.07, 6.45) is 0. The lowest BCUT2D eigenvalue weighted by Gasteiger charge is -2.09. The molecule has 8 aromatic rings. The van der Waals surface area contributed by atoms with Crippen molar-refractivity contribution in [3.05, 3.63) is 109 Å². The molecule has 0 unspecified atom stereocenters. The van der Waals surface area contributed by atoms with E-state index in [1.165, 1.54) is 0 Å². The van der Waals surface area contributed by atoms with Crippen LogP contribution in [0.5, 0.6) is 0 Å². The normalized spacial score (nSPS) is 13.1. The summed E-state index contributed by atoms with van der Waals surface area (Å²) < 4.78 is 63.0. The minimum Gasteiger partial charge on any atom is -0.269 e. The van der Waals surface area contributed by atoms with Gasteiger partial charge in [0, 0.05) is 33.5 Å². The van der Waals surface area contributed by atoms with E-state index in [1.54, 1.807) is 30.3 Å². The number of aromatic nitrogens is 4. The van der Waals surface area contributed by atoms with E-state index in [2.05, 4.69) is 18.2 Å². The van der Waals surface area contributed by atoms with Crippen LogP contribution in [0.1, 0.15) is 0 Å². The highest BCUT2D eigenvalue weighted by atomic mass is 33.2. The minimum absolute atomic E-state index is 0.00551. The van der Waals surface area contributed by atoms with E-state index in [1.807, 2.05) is 60.7 Å². The van der Waals surface area contributed by atoms with Crippen LogP contribution in [-0.2, 0) is 18.2 Å². The van der Waals surface area contributed by atoms with Crippen LogP contribution < -0.4 is 3.97 Å². The van der Waals surface area contributed by atoms with Gasteiger partial charge in [-0.15, -0.1) is 8.42 Å². The first-order chi connectivity index (χ1) is 22.7. The van der Waals surface area contributed by atoms with Gasteiger partial charge in [-0.2, -0.15) is 8.42 Å². The van der Waals surface area contributed by atoms with Crippen LogP contribution in [0.25, 0.3) is 99.8 Å². The number of fused-ring (bicyclic) bond motifs is 8. The average Bonchev–Trinajstić information content (AvgIpc) is 3.56. The molecule has 2 aliphatic carbocycles. The molecule has 0 radical (unpaired) electrons. The van der Waals surface area contributed by atoms with E-state index in [-0.39, 0.29) is 16.7 Å². The molecule has 11 heteroatoms. The van der Waals surface area contributed by atoms with Crippen LogP contribution >= 0.6 is 0 Å². The van der Waals surface area contributed by atoms with Crippen molar-refractivity contribution < 1.29 is 25.4 Å². The average molecular weight is 652 g/mol. The molecule has 0 saturated heterocycles. The number of rotatable bonds is 3. The highest BCUT2D eigenvalue weighted by Crippen LogP contribution is 2.47. The van der Waals surface area contributed by atoms with Crippen LogP contribution in [0.2, 0.25) is 0 Å². The number of nitrogens with zero attached hydrogens (tertiary/aromatic N) is 4. The van der Waals surface area contributed by atoms with E-state index in [0.29, 0.717) is 43.0 Å². The molecule has 2 aromatic heterocycles. The predicted molar refractivity (Wildman–Crippen MR) is 180 cm³/mol. The Labute approximate surface area is 266 Å². The van der Waals surface area contributed by atoms with E-state index >= 15 is 0 Å². The summed E-state index contributed by atoms with van der Waals surface area (Å²) in [6, 6.07) is 33.9. The second kappa shape index (κ2) is 8.80. The molecule has 0 amide bonds. The zero-order chi connectivity index (χ0) is 31.8. The SMILES string of the molecule is O=S(=O)(O)S(=O)(=O)[n+]1c2c(nc3ccc(-c4ccc5nc6c(nc5c4)-c4cccc5cccc-6c45)cc31)-c1cccc3cccc-2c13. The summed E-state index contributed by atoms with van der Waals surface area (Å²) in [5.74, 6) is 0. The smallest absolute Gasteiger partial charge is 0.269 e. The predicted octanol–water partition coefficient (Wildman–Crippen LogP) is 6.71.